The first-order valence-electron chi connectivity index (χ1n) is 9.21. The third kappa shape index (κ3) is 3.80. The fraction of sp³-hybridized carbons (Fsp3) is 0.421. The van der Waals surface area contributed by atoms with Gasteiger partial charge in [-0.3, -0.25) is 9.69 Å². The molecular formula is C19H22F2N4O4. The lowest BCUT2D eigenvalue weighted by atomic mass is 10.1. The van der Waals surface area contributed by atoms with E-state index in [2.05, 4.69) is 5.16 Å². The van der Waals surface area contributed by atoms with Crippen LogP contribution in [0.25, 0.3) is 10.9 Å². The molecule has 10 heteroatoms. The average Bonchev–Trinajstić information content (AvgIpc) is 2.69. The van der Waals surface area contributed by atoms with Crippen LogP contribution >= 0.6 is 0 Å². The number of carbonyl (C=O) groups is 1. The number of fused-ring (bicyclic) bond motifs is 1. The average molecular weight is 408 g/mol. The summed E-state index contributed by atoms with van der Waals surface area (Å²) in [6.07, 6.45) is 1.09. The highest BCUT2D eigenvalue weighted by atomic mass is 19.1. The van der Waals surface area contributed by atoms with Crippen molar-refractivity contribution >= 4 is 28.3 Å². The lowest BCUT2D eigenvalue weighted by molar-refractivity contribution is 0.0694. The predicted molar refractivity (Wildman–Crippen MR) is 104 cm³/mol. The van der Waals surface area contributed by atoms with E-state index in [1.807, 2.05) is 4.90 Å². The minimum Gasteiger partial charge on any atom is -0.477 e. The SMILES string of the molecule is CCn1cc(C(=O)O)c(=O)c2cc(F)c(N3CCN(C/C(C)=N/O)CC3)c(F)c21. The summed E-state index contributed by atoms with van der Waals surface area (Å²) in [5, 5.41) is 20.8. The van der Waals surface area contributed by atoms with Crippen molar-refractivity contribution < 1.29 is 23.9 Å². The molecule has 1 aliphatic heterocycles. The van der Waals surface area contributed by atoms with Gasteiger partial charge in [0.1, 0.15) is 17.1 Å². The van der Waals surface area contributed by atoms with Gasteiger partial charge >= 0.3 is 5.97 Å². The number of halogens is 2. The molecule has 0 saturated carbocycles. The van der Waals surface area contributed by atoms with Gasteiger partial charge in [-0.1, -0.05) is 5.16 Å². The summed E-state index contributed by atoms with van der Waals surface area (Å²) in [5.41, 5.74) is -1.23. The maximum Gasteiger partial charge on any atom is 0.341 e. The lowest BCUT2D eigenvalue weighted by Gasteiger charge is -2.36. The Labute approximate surface area is 165 Å². The Kier molecular flexibility index (Phi) is 5.83. The summed E-state index contributed by atoms with van der Waals surface area (Å²) in [7, 11) is 0. The number of nitrogens with zero attached hydrogens (tertiary/aromatic N) is 4. The second-order valence-electron chi connectivity index (χ2n) is 6.98. The van der Waals surface area contributed by atoms with E-state index in [4.69, 9.17) is 5.21 Å². The summed E-state index contributed by atoms with van der Waals surface area (Å²) >= 11 is 0. The Balaban J connectivity index is 2.04. The van der Waals surface area contributed by atoms with Gasteiger partial charge in [-0.25, -0.2) is 13.6 Å². The number of hydrogen-bond donors (Lipinski definition) is 2. The molecule has 29 heavy (non-hydrogen) atoms. The van der Waals surface area contributed by atoms with E-state index >= 15 is 4.39 Å². The Morgan fingerprint density at radius 2 is 1.90 bits per heavy atom. The maximum atomic E-state index is 15.4. The number of rotatable bonds is 5. The molecule has 2 N–H and O–H groups in total. The molecule has 0 spiro atoms. The van der Waals surface area contributed by atoms with Crippen molar-refractivity contribution in [2.24, 2.45) is 5.16 Å². The number of carboxylic acid groups (broad SMARTS) is 1. The van der Waals surface area contributed by atoms with Crippen LogP contribution < -0.4 is 10.3 Å². The zero-order chi connectivity index (χ0) is 21.3. The number of aromatic nitrogens is 1. The monoisotopic (exact) mass is 408 g/mol. The minimum absolute atomic E-state index is 0.107. The molecule has 1 saturated heterocycles. The number of aromatic carboxylic acids is 1. The van der Waals surface area contributed by atoms with Crippen LogP contribution in [0.15, 0.2) is 22.2 Å². The normalized spacial score (nSPS) is 15.9. The highest BCUT2D eigenvalue weighted by Crippen LogP contribution is 2.30. The summed E-state index contributed by atoms with van der Waals surface area (Å²) in [4.78, 5) is 27.3. The summed E-state index contributed by atoms with van der Waals surface area (Å²) in [5.74, 6) is -3.22. The molecule has 1 fully saturated rings. The Bertz CT molecular complexity index is 1040. The predicted octanol–water partition coefficient (Wildman–Crippen LogP) is 1.97. The molecule has 156 valence electrons. The molecule has 1 aromatic carbocycles. The van der Waals surface area contributed by atoms with E-state index in [0.717, 1.165) is 12.3 Å². The number of hydrogen-bond acceptors (Lipinski definition) is 6. The first-order chi connectivity index (χ1) is 13.8. The van der Waals surface area contributed by atoms with E-state index in [9.17, 15) is 19.1 Å². The van der Waals surface area contributed by atoms with E-state index < -0.39 is 28.6 Å². The van der Waals surface area contributed by atoms with E-state index in [1.54, 1.807) is 18.7 Å². The molecule has 0 radical (unpaired) electrons. The second kappa shape index (κ2) is 8.16. The molecule has 0 atom stereocenters. The third-order valence-corrected chi connectivity index (χ3v) is 5.11. The van der Waals surface area contributed by atoms with Gasteiger partial charge in [-0.15, -0.1) is 0 Å². The summed E-state index contributed by atoms with van der Waals surface area (Å²) in [6.45, 7) is 5.77. The number of aryl methyl sites for hydroxylation is 1. The number of pyridine rings is 1. The van der Waals surface area contributed by atoms with Gasteiger partial charge in [0.15, 0.2) is 5.82 Å². The standard InChI is InChI=1S/C19H22F2N4O4/c1-3-24-10-13(19(27)28)18(26)12-8-14(20)17(15(21)16(12)24)25-6-4-23(5-7-25)9-11(2)22-29/h8,10,29H,3-7,9H2,1-2H3,(H,27,28)/b22-11+. The van der Waals surface area contributed by atoms with Crippen LogP contribution in [0.5, 0.6) is 0 Å². The fourth-order valence-electron chi connectivity index (χ4n) is 3.65. The van der Waals surface area contributed by atoms with Gasteiger partial charge in [0.05, 0.1) is 16.6 Å². The minimum atomic E-state index is -1.44. The van der Waals surface area contributed by atoms with Gasteiger partial charge in [-0.2, -0.15) is 0 Å². The van der Waals surface area contributed by atoms with Crippen molar-refractivity contribution in [1.29, 1.82) is 0 Å². The fourth-order valence-corrected chi connectivity index (χ4v) is 3.65. The van der Waals surface area contributed by atoms with Gasteiger partial charge in [0, 0.05) is 45.5 Å². The van der Waals surface area contributed by atoms with Crippen molar-refractivity contribution in [3.05, 3.63) is 39.7 Å². The first kappa shape index (κ1) is 20.7. The number of anilines is 1. The lowest BCUT2D eigenvalue weighted by Crippen LogP contribution is -2.48. The quantitative estimate of drug-likeness (QED) is 0.446. The summed E-state index contributed by atoms with van der Waals surface area (Å²) in [6, 6.07) is 0.920. The zero-order valence-electron chi connectivity index (χ0n) is 16.2. The van der Waals surface area contributed by atoms with Crippen LogP contribution in [0, 0.1) is 11.6 Å². The Morgan fingerprint density at radius 1 is 1.24 bits per heavy atom. The second-order valence-corrected chi connectivity index (χ2v) is 6.98. The Morgan fingerprint density at radius 3 is 2.45 bits per heavy atom. The van der Waals surface area contributed by atoms with Crippen molar-refractivity contribution in [3.63, 3.8) is 0 Å². The Hall–Kier alpha value is -3.01. The summed E-state index contributed by atoms with van der Waals surface area (Å²) < 4.78 is 31.5. The molecule has 0 aliphatic carbocycles. The highest BCUT2D eigenvalue weighted by molar-refractivity contribution is 5.93. The number of benzene rings is 1. The molecule has 2 aromatic rings. The van der Waals surface area contributed by atoms with Crippen LogP contribution in [-0.4, -0.2) is 64.2 Å². The topological polar surface area (TPSA) is 98.4 Å². The molecule has 3 rings (SSSR count). The number of piperazine rings is 1. The van der Waals surface area contributed by atoms with E-state index in [1.165, 1.54) is 4.57 Å². The molecule has 2 heterocycles. The van der Waals surface area contributed by atoms with Gasteiger partial charge in [0.25, 0.3) is 0 Å². The zero-order valence-corrected chi connectivity index (χ0v) is 16.2. The van der Waals surface area contributed by atoms with Crippen molar-refractivity contribution in [3.8, 4) is 0 Å². The van der Waals surface area contributed by atoms with Crippen molar-refractivity contribution in [1.82, 2.24) is 9.47 Å². The molecular weight excluding hydrogens is 386 g/mol. The third-order valence-electron chi connectivity index (χ3n) is 5.11. The number of carboxylic acids is 1. The van der Waals surface area contributed by atoms with Gasteiger partial charge < -0.3 is 19.8 Å². The molecule has 0 unspecified atom stereocenters. The van der Waals surface area contributed by atoms with E-state index in [-0.39, 0.29) is 23.1 Å². The van der Waals surface area contributed by atoms with Crippen LogP contribution in [0.1, 0.15) is 24.2 Å². The number of oxime groups is 1. The first-order valence-corrected chi connectivity index (χ1v) is 9.21. The molecule has 0 amide bonds. The molecule has 0 bridgehead atoms. The van der Waals surface area contributed by atoms with E-state index in [0.29, 0.717) is 38.4 Å². The van der Waals surface area contributed by atoms with Crippen molar-refractivity contribution in [2.75, 3.05) is 37.6 Å². The molecule has 8 nitrogen and oxygen atoms in total. The highest BCUT2D eigenvalue weighted by Gasteiger charge is 2.27. The van der Waals surface area contributed by atoms with Crippen LogP contribution in [0.3, 0.4) is 0 Å². The smallest absolute Gasteiger partial charge is 0.341 e. The van der Waals surface area contributed by atoms with Crippen LogP contribution in [0.4, 0.5) is 14.5 Å². The largest absolute Gasteiger partial charge is 0.477 e. The van der Waals surface area contributed by atoms with Crippen LogP contribution in [-0.2, 0) is 6.54 Å². The van der Waals surface area contributed by atoms with Gasteiger partial charge in [-0.05, 0) is 19.9 Å². The van der Waals surface area contributed by atoms with Crippen LogP contribution in [0.2, 0.25) is 0 Å². The maximum absolute atomic E-state index is 15.4. The molecule has 1 aromatic heterocycles. The van der Waals surface area contributed by atoms with Gasteiger partial charge in [0.2, 0.25) is 5.43 Å². The van der Waals surface area contributed by atoms with Crippen molar-refractivity contribution in [2.45, 2.75) is 20.4 Å². The molecule has 1 aliphatic rings.